The Bertz CT molecular complexity index is 570. The number of ether oxygens (including phenoxy) is 2. The first-order valence-corrected chi connectivity index (χ1v) is 6.78. The summed E-state index contributed by atoms with van der Waals surface area (Å²) < 4.78 is 16.7. The van der Waals surface area contributed by atoms with E-state index in [0.29, 0.717) is 30.6 Å². The fraction of sp³-hybridized carbons (Fsp3) is 0.429. The monoisotopic (exact) mass is 275 g/mol. The number of rotatable bonds is 5. The summed E-state index contributed by atoms with van der Waals surface area (Å²) in [5.41, 5.74) is 5.46. The Kier molecular flexibility index (Phi) is 3.83. The van der Waals surface area contributed by atoms with Crippen LogP contribution in [0.5, 0.6) is 11.5 Å². The van der Waals surface area contributed by atoms with Crippen LogP contribution in [0.4, 0.5) is 0 Å². The molecule has 20 heavy (non-hydrogen) atoms. The average Bonchev–Trinajstić information content (AvgIpc) is 2.96. The molecular formula is C14H17N3O3. The molecule has 2 aromatic rings. The van der Waals surface area contributed by atoms with E-state index in [4.69, 9.17) is 19.7 Å². The SMILES string of the molecule is NCCCCc1nc(C2COc3ccccc3O2)no1. The fourth-order valence-electron chi connectivity index (χ4n) is 2.07. The summed E-state index contributed by atoms with van der Waals surface area (Å²) in [6.45, 7) is 1.07. The zero-order valence-electron chi connectivity index (χ0n) is 11.1. The molecule has 0 saturated carbocycles. The van der Waals surface area contributed by atoms with E-state index in [-0.39, 0.29) is 6.10 Å². The van der Waals surface area contributed by atoms with Crippen LogP contribution in [0.15, 0.2) is 28.8 Å². The van der Waals surface area contributed by atoms with Crippen LogP contribution in [0.2, 0.25) is 0 Å². The summed E-state index contributed by atoms with van der Waals surface area (Å²) in [6, 6.07) is 7.55. The third-order valence-corrected chi connectivity index (χ3v) is 3.13. The van der Waals surface area contributed by atoms with Gasteiger partial charge in [-0.15, -0.1) is 0 Å². The van der Waals surface area contributed by atoms with Crippen LogP contribution >= 0.6 is 0 Å². The first kappa shape index (κ1) is 12.9. The number of benzene rings is 1. The Morgan fingerprint density at radius 2 is 2.05 bits per heavy atom. The van der Waals surface area contributed by atoms with Crippen LogP contribution in [0.25, 0.3) is 0 Å². The molecule has 1 aliphatic rings. The molecule has 1 aliphatic heterocycles. The fourth-order valence-corrected chi connectivity index (χ4v) is 2.07. The van der Waals surface area contributed by atoms with Gasteiger partial charge < -0.3 is 19.7 Å². The number of unbranched alkanes of at least 4 members (excludes halogenated alkanes) is 1. The third kappa shape index (κ3) is 2.75. The van der Waals surface area contributed by atoms with Gasteiger partial charge in [0.2, 0.25) is 11.7 Å². The van der Waals surface area contributed by atoms with Crippen molar-refractivity contribution in [3.63, 3.8) is 0 Å². The third-order valence-electron chi connectivity index (χ3n) is 3.13. The van der Waals surface area contributed by atoms with Crippen molar-refractivity contribution in [2.45, 2.75) is 25.4 Å². The number of para-hydroxylation sites is 2. The minimum atomic E-state index is -0.322. The second-order valence-corrected chi connectivity index (χ2v) is 4.66. The maximum absolute atomic E-state index is 5.83. The standard InChI is InChI=1S/C14H17N3O3/c15-8-4-3-7-13-16-14(17-20-13)12-9-18-10-5-1-2-6-11(10)19-12/h1-2,5-6,12H,3-4,7-9,15H2. The van der Waals surface area contributed by atoms with Gasteiger partial charge in [0, 0.05) is 6.42 Å². The van der Waals surface area contributed by atoms with Gasteiger partial charge in [-0.2, -0.15) is 4.98 Å². The topological polar surface area (TPSA) is 83.4 Å². The normalized spacial score (nSPS) is 17.1. The molecule has 3 rings (SSSR count). The van der Waals surface area contributed by atoms with Gasteiger partial charge in [0.05, 0.1) is 0 Å². The molecule has 0 amide bonds. The quantitative estimate of drug-likeness (QED) is 0.839. The molecule has 1 atom stereocenters. The molecule has 0 aliphatic carbocycles. The van der Waals surface area contributed by atoms with Gasteiger partial charge in [0.1, 0.15) is 6.61 Å². The lowest BCUT2D eigenvalue weighted by Crippen LogP contribution is -2.22. The van der Waals surface area contributed by atoms with Crippen LogP contribution in [0, 0.1) is 0 Å². The molecule has 1 unspecified atom stereocenters. The van der Waals surface area contributed by atoms with Crippen molar-refractivity contribution < 1.29 is 14.0 Å². The number of hydrogen-bond donors (Lipinski definition) is 1. The van der Waals surface area contributed by atoms with Crippen molar-refractivity contribution in [2.24, 2.45) is 5.73 Å². The van der Waals surface area contributed by atoms with Gasteiger partial charge in [-0.1, -0.05) is 17.3 Å². The highest BCUT2D eigenvalue weighted by molar-refractivity contribution is 5.40. The van der Waals surface area contributed by atoms with E-state index < -0.39 is 0 Å². The van der Waals surface area contributed by atoms with E-state index >= 15 is 0 Å². The average molecular weight is 275 g/mol. The molecule has 0 saturated heterocycles. The van der Waals surface area contributed by atoms with E-state index in [1.54, 1.807) is 0 Å². The predicted molar refractivity (Wildman–Crippen MR) is 71.6 cm³/mol. The van der Waals surface area contributed by atoms with Crippen molar-refractivity contribution in [3.8, 4) is 11.5 Å². The Morgan fingerprint density at radius 1 is 1.20 bits per heavy atom. The number of aromatic nitrogens is 2. The van der Waals surface area contributed by atoms with Crippen LogP contribution in [0.3, 0.4) is 0 Å². The highest BCUT2D eigenvalue weighted by Gasteiger charge is 2.26. The molecule has 6 heteroatoms. The molecule has 0 bridgehead atoms. The lowest BCUT2D eigenvalue weighted by atomic mass is 10.2. The maximum Gasteiger partial charge on any atom is 0.226 e. The summed E-state index contributed by atoms with van der Waals surface area (Å²) >= 11 is 0. The second-order valence-electron chi connectivity index (χ2n) is 4.66. The van der Waals surface area contributed by atoms with Gasteiger partial charge in [-0.3, -0.25) is 0 Å². The van der Waals surface area contributed by atoms with Gasteiger partial charge in [0.15, 0.2) is 17.6 Å². The smallest absolute Gasteiger partial charge is 0.226 e. The molecule has 0 radical (unpaired) electrons. The van der Waals surface area contributed by atoms with Crippen molar-refractivity contribution in [1.82, 2.24) is 10.1 Å². The van der Waals surface area contributed by atoms with Gasteiger partial charge in [-0.25, -0.2) is 0 Å². The summed E-state index contributed by atoms with van der Waals surface area (Å²) in [4.78, 5) is 4.36. The van der Waals surface area contributed by atoms with Gasteiger partial charge in [-0.05, 0) is 31.5 Å². The Balaban J connectivity index is 1.66. The zero-order valence-corrected chi connectivity index (χ0v) is 11.1. The van der Waals surface area contributed by atoms with E-state index in [1.807, 2.05) is 24.3 Å². The highest BCUT2D eigenvalue weighted by Crippen LogP contribution is 2.35. The molecule has 2 heterocycles. The summed E-state index contributed by atoms with van der Waals surface area (Å²) in [7, 11) is 0. The number of hydrogen-bond acceptors (Lipinski definition) is 6. The minimum Gasteiger partial charge on any atom is -0.485 e. The second kappa shape index (κ2) is 5.92. The maximum atomic E-state index is 5.83. The lowest BCUT2D eigenvalue weighted by molar-refractivity contribution is 0.0832. The van der Waals surface area contributed by atoms with Crippen molar-refractivity contribution >= 4 is 0 Å². The van der Waals surface area contributed by atoms with Crippen molar-refractivity contribution in [3.05, 3.63) is 36.0 Å². The highest BCUT2D eigenvalue weighted by atomic mass is 16.6. The largest absolute Gasteiger partial charge is 0.485 e. The predicted octanol–water partition coefficient (Wildman–Crippen LogP) is 1.86. The van der Waals surface area contributed by atoms with Crippen LogP contribution in [-0.4, -0.2) is 23.3 Å². The van der Waals surface area contributed by atoms with E-state index in [9.17, 15) is 0 Å². The van der Waals surface area contributed by atoms with E-state index in [2.05, 4.69) is 10.1 Å². The lowest BCUT2D eigenvalue weighted by Gasteiger charge is -2.24. The minimum absolute atomic E-state index is 0.322. The molecule has 0 spiro atoms. The summed E-state index contributed by atoms with van der Waals surface area (Å²) in [6.07, 6.45) is 2.32. The number of nitrogens with zero attached hydrogens (tertiary/aromatic N) is 2. The zero-order chi connectivity index (χ0) is 13.8. The molecule has 6 nitrogen and oxygen atoms in total. The van der Waals surface area contributed by atoms with Crippen molar-refractivity contribution in [1.29, 1.82) is 0 Å². The van der Waals surface area contributed by atoms with Crippen LogP contribution < -0.4 is 15.2 Å². The summed E-state index contributed by atoms with van der Waals surface area (Å²) in [5, 5.41) is 3.97. The Labute approximate surface area is 116 Å². The van der Waals surface area contributed by atoms with Crippen molar-refractivity contribution in [2.75, 3.05) is 13.2 Å². The van der Waals surface area contributed by atoms with E-state index in [0.717, 1.165) is 25.0 Å². The van der Waals surface area contributed by atoms with Crippen LogP contribution in [0.1, 0.15) is 30.7 Å². The van der Waals surface area contributed by atoms with Crippen LogP contribution in [-0.2, 0) is 6.42 Å². The molecule has 2 N–H and O–H groups in total. The van der Waals surface area contributed by atoms with Gasteiger partial charge in [0.25, 0.3) is 0 Å². The number of aryl methyl sites for hydroxylation is 1. The summed E-state index contributed by atoms with van der Waals surface area (Å²) in [5.74, 6) is 2.60. The molecular weight excluding hydrogens is 258 g/mol. The molecule has 106 valence electrons. The molecule has 1 aromatic carbocycles. The number of nitrogens with two attached hydrogens (primary N) is 1. The Morgan fingerprint density at radius 3 is 2.90 bits per heavy atom. The first-order chi connectivity index (χ1) is 9.86. The van der Waals surface area contributed by atoms with E-state index in [1.165, 1.54) is 0 Å². The molecule has 0 fully saturated rings. The van der Waals surface area contributed by atoms with Gasteiger partial charge >= 0.3 is 0 Å². The molecule has 1 aromatic heterocycles. The first-order valence-electron chi connectivity index (χ1n) is 6.78. The number of fused-ring (bicyclic) bond motifs is 1. The Hall–Kier alpha value is -2.08.